The second-order valence-electron chi connectivity index (χ2n) is 7.29. The van der Waals surface area contributed by atoms with E-state index in [1.54, 1.807) is 11.3 Å². The van der Waals surface area contributed by atoms with Crippen LogP contribution in [0.15, 0.2) is 30.5 Å². The van der Waals surface area contributed by atoms with Crippen molar-refractivity contribution in [3.63, 3.8) is 0 Å². The third-order valence-electron chi connectivity index (χ3n) is 4.97. The van der Waals surface area contributed by atoms with Crippen LogP contribution in [-0.4, -0.2) is 30.1 Å². The van der Waals surface area contributed by atoms with Gasteiger partial charge in [-0.25, -0.2) is 4.98 Å². The highest BCUT2D eigenvalue weighted by atomic mass is 32.1. The van der Waals surface area contributed by atoms with Crippen molar-refractivity contribution in [3.8, 4) is 5.75 Å². The average molecular weight is 388 g/mol. The Balaban J connectivity index is 1.65. The fourth-order valence-electron chi connectivity index (χ4n) is 3.37. The van der Waals surface area contributed by atoms with E-state index in [9.17, 15) is 4.79 Å². The number of nitrogens with one attached hydrogen (secondary N) is 2. The van der Waals surface area contributed by atoms with E-state index >= 15 is 0 Å². The van der Waals surface area contributed by atoms with E-state index in [1.807, 2.05) is 31.3 Å². The van der Waals surface area contributed by atoms with E-state index in [2.05, 4.69) is 35.5 Å². The number of hydrogen-bond donors (Lipinski definition) is 2. The van der Waals surface area contributed by atoms with Crippen LogP contribution < -0.4 is 15.4 Å². The van der Waals surface area contributed by atoms with Gasteiger partial charge in [0, 0.05) is 11.1 Å². The van der Waals surface area contributed by atoms with Crippen molar-refractivity contribution in [2.75, 3.05) is 18.4 Å². The molecule has 146 valence electrons. The molecule has 2 heterocycles. The van der Waals surface area contributed by atoms with Gasteiger partial charge in [0.05, 0.1) is 0 Å². The van der Waals surface area contributed by atoms with Crippen LogP contribution in [0.5, 0.6) is 5.75 Å². The molecule has 0 bridgehead atoms. The first-order valence-corrected chi connectivity index (χ1v) is 10.6. The maximum absolute atomic E-state index is 12.7. The third-order valence-corrected chi connectivity index (χ3v) is 6.04. The molecule has 1 saturated heterocycles. The summed E-state index contributed by atoms with van der Waals surface area (Å²) in [6.45, 7) is 8.31. The van der Waals surface area contributed by atoms with Crippen molar-refractivity contribution < 1.29 is 9.53 Å². The summed E-state index contributed by atoms with van der Waals surface area (Å²) in [6.07, 6.45) is 4.23. The van der Waals surface area contributed by atoms with Gasteiger partial charge in [0.25, 0.3) is 5.91 Å². The molecule has 1 atom stereocenters. The number of ether oxygens (including phenoxy) is 1. The lowest BCUT2D eigenvalue weighted by Crippen LogP contribution is -2.32. The molecule has 1 aromatic heterocycles. The summed E-state index contributed by atoms with van der Waals surface area (Å²) in [6, 6.07) is 7.93. The minimum absolute atomic E-state index is 0.137. The molecule has 2 N–H and O–H groups in total. The van der Waals surface area contributed by atoms with Crippen LogP contribution in [0.2, 0.25) is 0 Å². The zero-order valence-electron chi connectivity index (χ0n) is 16.3. The van der Waals surface area contributed by atoms with Crippen molar-refractivity contribution in [2.24, 2.45) is 0 Å². The van der Waals surface area contributed by atoms with Crippen molar-refractivity contribution in [2.45, 2.75) is 58.0 Å². The Kier molecular flexibility index (Phi) is 6.85. The van der Waals surface area contributed by atoms with E-state index in [-0.39, 0.29) is 5.91 Å². The van der Waals surface area contributed by atoms with Gasteiger partial charge < -0.3 is 10.1 Å². The highest BCUT2D eigenvalue weighted by molar-refractivity contribution is 7.15. The summed E-state index contributed by atoms with van der Waals surface area (Å²) in [4.78, 5) is 18.4. The number of aromatic nitrogens is 1. The molecule has 6 heteroatoms. The monoisotopic (exact) mass is 387 g/mol. The molecule has 2 aromatic rings. The Morgan fingerprint density at radius 2 is 2.07 bits per heavy atom. The molecule has 1 amide bonds. The van der Waals surface area contributed by atoms with Crippen molar-refractivity contribution in [1.82, 2.24) is 10.3 Å². The number of rotatable bonds is 7. The molecule has 0 spiro atoms. The Morgan fingerprint density at radius 1 is 1.33 bits per heavy atom. The summed E-state index contributed by atoms with van der Waals surface area (Å²) >= 11 is 1.58. The first kappa shape index (κ1) is 19.8. The maximum Gasteiger partial charge on any atom is 0.267 e. The molecule has 0 saturated carbocycles. The molecule has 1 aliphatic heterocycles. The number of benzene rings is 1. The SMILES string of the molecule is CCC(Oc1ccccc1C(C)C)C(=O)Nc1ncc(C2CCNCC2)s1. The Labute approximate surface area is 165 Å². The number of para-hydroxylation sites is 1. The van der Waals surface area contributed by atoms with Crippen molar-refractivity contribution >= 4 is 22.4 Å². The van der Waals surface area contributed by atoms with Crippen LogP contribution in [-0.2, 0) is 4.79 Å². The number of nitrogens with zero attached hydrogens (tertiary/aromatic N) is 1. The van der Waals surface area contributed by atoms with Crippen LogP contribution in [0.3, 0.4) is 0 Å². The molecule has 3 rings (SSSR count). The third kappa shape index (κ3) is 5.08. The maximum atomic E-state index is 12.7. The number of amides is 1. The fourth-order valence-corrected chi connectivity index (χ4v) is 4.35. The van der Waals surface area contributed by atoms with Gasteiger partial charge in [0.2, 0.25) is 0 Å². The first-order valence-electron chi connectivity index (χ1n) is 9.81. The molecular weight excluding hydrogens is 358 g/mol. The molecule has 27 heavy (non-hydrogen) atoms. The molecule has 1 unspecified atom stereocenters. The normalized spacial score (nSPS) is 16.3. The van der Waals surface area contributed by atoms with Gasteiger partial charge in [-0.2, -0.15) is 0 Å². The van der Waals surface area contributed by atoms with Gasteiger partial charge in [-0.15, -0.1) is 11.3 Å². The van der Waals surface area contributed by atoms with Crippen LogP contribution in [0.25, 0.3) is 0 Å². The second-order valence-corrected chi connectivity index (χ2v) is 8.35. The second kappa shape index (κ2) is 9.33. The zero-order chi connectivity index (χ0) is 19.2. The van der Waals surface area contributed by atoms with E-state index < -0.39 is 6.10 Å². The topological polar surface area (TPSA) is 63.2 Å². The molecule has 1 aromatic carbocycles. The van der Waals surface area contributed by atoms with Gasteiger partial charge in [-0.05, 0) is 55.8 Å². The number of piperidine rings is 1. The molecule has 1 fully saturated rings. The minimum atomic E-state index is -0.531. The molecule has 0 aliphatic carbocycles. The first-order chi connectivity index (χ1) is 13.1. The van der Waals surface area contributed by atoms with Crippen LogP contribution in [0.4, 0.5) is 5.13 Å². The fraction of sp³-hybridized carbons (Fsp3) is 0.524. The number of hydrogen-bond acceptors (Lipinski definition) is 5. The predicted molar refractivity (Wildman–Crippen MR) is 111 cm³/mol. The average Bonchev–Trinajstić information content (AvgIpc) is 3.15. The van der Waals surface area contributed by atoms with Gasteiger partial charge in [-0.3, -0.25) is 10.1 Å². The summed E-state index contributed by atoms with van der Waals surface area (Å²) in [5.74, 6) is 1.53. The van der Waals surface area contributed by atoms with Gasteiger partial charge in [-0.1, -0.05) is 39.0 Å². The summed E-state index contributed by atoms with van der Waals surface area (Å²) in [7, 11) is 0. The summed E-state index contributed by atoms with van der Waals surface area (Å²) in [5, 5.41) is 6.99. The lowest BCUT2D eigenvalue weighted by molar-refractivity contribution is -0.122. The number of carbonyl (C=O) groups excluding carboxylic acids is 1. The Hall–Kier alpha value is -1.92. The van der Waals surface area contributed by atoms with Crippen molar-refractivity contribution in [1.29, 1.82) is 0 Å². The highest BCUT2D eigenvalue weighted by Gasteiger charge is 2.23. The van der Waals surface area contributed by atoms with Crippen molar-refractivity contribution in [3.05, 3.63) is 40.9 Å². The molecule has 5 nitrogen and oxygen atoms in total. The zero-order valence-corrected chi connectivity index (χ0v) is 17.1. The number of anilines is 1. The lowest BCUT2D eigenvalue weighted by atomic mass is 9.97. The molecule has 1 aliphatic rings. The van der Waals surface area contributed by atoms with E-state index in [0.717, 1.165) is 37.2 Å². The van der Waals surface area contributed by atoms with E-state index in [4.69, 9.17) is 4.74 Å². The van der Waals surface area contributed by atoms with Gasteiger partial charge >= 0.3 is 0 Å². The Morgan fingerprint density at radius 3 is 2.78 bits per heavy atom. The van der Waals surface area contributed by atoms with Crippen LogP contribution in [0, 0.1) is 0 Å². The summed E-state index contributed by atoms with van der Waals surface area (Å²) < 4.78 is 6.07. The quantitative estimate of drug-likeness (QED) is 0.733. The van der Waals surface area contributed by atoms with Crippen LogP contribution in [0.1, 0.15) is 62.3 Å². The Bertz CT molecular complexity index is 753. The largest absolute Gasteiger partial charge is 0.480 e. The number of carbonyl (C=O) groups is 1. The van der Waals surface area contributed by atoms with E-state index in [0.29, 0.717) is 23.4 Å². The van der Waals surface area contributed by atoms with Gasteiger partial charge in [0.15, 0.2) is 11.2 Å². The number of thiazole rings is 1. The lowest BCUT2D eigenvalue weighted by Gasteiger charge is -2.21. The predicted octanol–water partition coefficient (Wildman–Crippen LogP) is 4.53. The molecule has 0 radical (unpaired) electrons. The van der Waals surface area contributed by atoms with Crippen LogP contribution >= 0.6 is 11.3 Å². The van der Waals surface area contributed by atoms with E-state index in [1.165, 1.54) is 4.88 Å². The minimum Gasteiger partial charge on any atom is -0.480 e. The standard InChI is InChI=1S/C21H29N3O2S/c1-4-17(26-18-8-6-5-7-16(18)14(2)3)20(25)24-21-23-13-19(27-21)15-9-11-22-12-10-15/h5-8,13-15,17,22H,4,9-12H2,1-3H3,(H,23,24,25). The summed E-state index contributed by atoms with van der Waals surface area (Å²) in [5.41, 5.74) is 1.12. The van der Waals surface area contributed by atoms with Gasteiger partial charge in [0.1, 0.15) is 5.75 Å². The smallest absolute Gasteiger partial charge is 0.267 e. The molecular formula is C21H29N3O2S. The highest BCUT2D eigenvalue weighted by Crippen LogP contribution is 2.32.